The Kier molecular flexibility index (Phi) is 7.17. The first-order valence-corrected chi connectivity index (χ1v) is 11.3. The number of hydrogen-bond acceptors (Lipinski definition) is 7. The first-order chi connectivity index (χ1) is 16.6. The Morgan fingerprint density at radius 3 is 2.53 bits per heavy atom. The summed E-state index contributed by atoms with van der Waals surface area (Å²) in [6.07, 6.45) is 3.36. The van der Waals surface area contributed by atoms with Gasteiger partial charge in [-0.05, 0) is 61.9 Å². The van der Waals surface area contributed by atoms with Crippen molar-refractivity contribution >= 4 is 17.5 Å². The molecule has 0 aliphatic carbocycles. The Labute approximate surface area is 199 Å². The average molecular weight is 457 g/mol. The smallest absolute Gasteiger partial charge is 0.281 e. The third-order valence-electron chi connectivity index (χ3n) is 5.55. The number of rotatable bonds is 9. The molecule has 0 aliphatic heterocycles. The van der Waals surface area contributed by atoms with E-state index in [0.29, 0.717) is 29.6 Å². The molecular formula is C26H28N6O2. The fraction of sp³-hybridized carbons (Fsp3) is 0.231. The summed E-state index contributed by atoms with van der Waals surface area (Å²) in [5.41, 5.74) is 3.44. The molecule has 0 radical (unpaired) electrons. The summed E-state index contributed by atoms with van der Waals surface area (Å²) in [5, 5.41) is 7.77. The second-order valence-corrected chi connectivity index (χ2v) is 7.64. The summed E-state index contributed by atoms with van der Waals surface area (Å²) < 4.78 is 6.56. The van der Waals surface area contributed by atoms with Gasteiger partial charge in [-0.3, -0.25) is 9.78 Å². The molecule has 2 aromatic carbocycles. The van der Waals surface area contributed by atoms with E-state index < -0.39 is 0 Å². The number of ether oxygens (including phenoxy) is 1. The van der Waals surface area contributed by atoms with E-state index in [-0.39, 0.29) is 5.91 Å². The molecule has 0 fully saturated rings. The Bertz CT molecular complexity index is 1230. The third-order valence-corrected chi connectivity index (χ3v) is 5.55. The molecule has 1 N–H and O–H groups in total. The third kappa shape index (κ3) is 5.06. The van der Waals surface area contributed by atoms with Crippen molar-refractivity contribution in [3.05, 3.63) is 84.2 Å². The molecule has 0 unspecified atom stereocenters. The average Bonchev–Trinajstić information content (AvgIpc) is 3.33. The number of methoxy groups -OCH3 is 1. The van der Waals surface area contributed by atoms with Gasteiger partial charge in [-0.2, -0.15) is 9.67 Å². The molecule has 4 aromatic rings. The lowest BCUT2D eigenvalue weighted by Crippen LogP contribution is -2.21. The predicted octanol–water partition coefficient (Wildman–Crippen LogP) is 4.50. The molecule has 0 saturated carbocycles. The standard InChI is InChI=1S/C26H28N6O2/c1-4-31(5-2)22-13-11-19(12-14-22)17-28-26-29-24(21-9-7-15-27-18-21)30-32(26)25(33)20-8-6-10-23(16-20)34-3/h6-16,18H,4-5,17H2,1-3H3,(H,28,29,30). The van der Waals surface area contributed by atoms with Crippen LogP contribution in [0.1, 0.15) is 29.8 Å². The molecule has 0 saturated heterocycles. The van der Waals surface area contributed by atoms with Crippen LogP contribution < -0.4 is 15.0 Å². The van der Waals surface area contributed by atoms with E-state index in [0.717, 1.165) is 24.2 Å². The van der Waals surface area contributed by atoms with Gasteiger partial charge < -0.3 is 15.0 Å². The molecule has 4 rings (SSSR count). The van der Waals surface area contributed by atoms with Gasteiger partial charge in [0.15, 0.2) is 5.82 Å². The molecule has 0 atom stereocenters. The fourth-order valence-electron chi connectivity index (χ4n) is 3.66. The number of nitrogens with one attached hydrogen (secondary N) is 1. The van der Waals surface area contributed by atoms with Crippen LogP contribution in [-0.4, -0.2) is 45.9 Å². The number of nitrogens with zero attached hydrogens (tertiary/aromatic N) is 5. The van der Waals surface area contributed by atoms with E-state index >= 15 is 0 Å². The van der Waals surface area contributed by atoms with E-state index in [1.165, 1.54) is 10.4 Å². The highest BCUT2D eigenvalue weighted by molar-refractivity contribution is 5.97. The topological polar surface area (TPSA) is 85.2 Å². The first kappa shape index (κ1) is 23.0. The van der Waals surface area contributed by atoms with Crippen molar-refractivity contribution in [3.63, 3.8) is 0 Å². The van der Waals surface area contributed by atoms with Crippen LogP contribution in [0.15, 0.2) is 73.1 Å². The van der Waals surface area contributed by atoms with Crippen LogP contribution in [-0.2, 0) is 6.54 Å². The zero-order valence-corrected chi connectivity index (χ0v) is 19.6. The van der Waals surface area contributed by atoms with E-state index in [4.69, 9.17) is 4.74 Å². The van der Waals surface area contributed by atoms with Crippen molar-refractivity contribution < 1.29 is 9.53 Å². The summed E-state index contributed by atoms with van der Waals surface area (Å²) in [7, 11) is 1.57. The van der Waals surface area contributed by atoms with Gasteiger partial charge in [-0.15, -0.1) is 5.10 Å². The van der Waals surface area contributed by atoms with Crippen molar-refractivity contribution in [2.75, 3.05) is 30.4 Å². The minimum absolute atomic E-state index is 0.305. The SMILES string of the molecule is CCN(CC)c1ccc(CNc2nc(-c3cccnc3)nn2C(=O)c2cccc(OC)c2)cc1. The van der Waals surface area contributed by atoms with Crippen molar-refractivity contribution in [2.24, 2.45) is 0 Å². The Hall–Kier alpha value is -4.20. The lowest BCUT2D eigenvalue weighted by Gasteiger charge is -2.21. The maximum Gasteiger partial charge on any atom is 0.281 e. The quantitative estimate of drug-likeness (QED) is 0.397. The van der Waals surface area contributed by atoms with E-state index in [1.54, 1.807) is 43.8 Å². The van der Waals surface area contributed by atoms with Gasteiger partial charge in [-0.25, -0.2) is 0 Å². The lowest BCUT2D eigenvalue weighted by atomic mass is 10.2. The highest BCUT2D eigenvalue weighted by Gasteiger charge is 2.19. The second-order valence-electron chi connectivity index (χ2n) is 7.64. The summed E-state index contributed by atoms with van der Waals surface area (Å²) in [6, 6.07) is 19.0. The monoisotopic (exact) mass is 456 g/mol. The number of carbonyl (C=O) groups excluding carboxylic acids is 1. The molecule has 0 bridgehead atoms. The zero-order valence-electron chi connectivity index (χ0n) is 19.6. The molecule has 2 aromatic heterocycles. The maximum atomic E-state index is 13.3. The van der Waals surface area contributed by atoms with Crippen LogP contribution >= 0.6 is 0 Å². The summed E-state index contributed by atoms with van der Waals surface area (Å²) in [6.45, 7) is 6.70. The van der Waals surface area contributed by atoms with Gasteiger partial charge in [0, 0.05) is 48.8 Å². The van der Waals surface area contributed by atoms with Crippen LogP contribution in [0.5, 0.6) is 5.75 Å². The molecule has 34 heavy (non-hydrogen) atoms. The van der Waals surface area contributed by atoms with E-state index in [2.05, 4.69) is 63.4 Å². The van der Waals surface area contributed by atoms with Crippen molar-refractivity contribution in [2.45, 2.75) is 20.4 Å². The number of aromatic nitrogens is 4. The van der Waals surface area contributed by atoms with Gasteiger partial charge in [0.2, 0.25) is 5.95 Å². The molecule has 8 nitrogen and oxygen atoms in total. The molecule has 0 spiro atoms. The van der Waals surface area contributed by atoms with Crippen molar-refractivity contribution in [1.82, 2.24) is 19.7 Å². The van der Waals surface area contributed by atoms with Gasteiger partial charge in [0.1, 0.15) is 5.75 Å². The Balaban J connectivity index is 1.61. The van der Waals surface area contributed by atoms with Crippen LogP contribution in [0.2, 0.25) is 0 Å². The number of benzene rings is 2. The highest BCUT2D eigenvalue weighted by Crippen LogP contribution is 2.21. The number of hydrogen-bond donors (Lipinski definition) is 1. The summed E-state index contributed by atoms with van der Waals surface area (Å²) in [5.74, 6) is 1.07. The molecular weight excluding hydrogens is 428 g/mol. The fourth-order valence-corrected chi connectivity index (χ4v) is 3.66. The highest BCUT2D eigenvalue weighted by atomic mass is 16.5. The van der Waals surface area contributed by atoms with Crippen LogP contribution in [0, 0.1) is 0 Å². The minimum Gasteiger partial charge on any atom is -0.497 e. The summed E-state index contributed by atoms with van der Waals surface area (Å²) >= 11 is 0. The summed E-state index contributed by atoms with van der Waals surface area (Å²) in [4.78, 5) is 24.4. The first-order valence-electron chi connectivity index (χ1n) is 11.3. The van der Waals surface area contributed by atoms with Gasteiger partial charge in [0.25, 0.3) is 5.91 Å². The maximum absolute atomic E-state index is 13.3. The van der Waals surface area contributed by atoms with Gasteiger partial charge in [0.05, 0.1) is 7.11 Å². The molecule has 0 aliphatic rings. The molecule has 2 heterocycles. The van der Waals surface area contributed by atoms with Crippen molar-refractivity contribution in [1.29, 1.82) is 0 Å². The van der Waals surface area contributed by atoms with E-state index in [1.807, 2.05) is 12.1 Å². The number of carbonyl (C=O) groups is 1. The van der Waals surface area contributed by atoms with Crippen molar-refractivity contribution in [3.8, 4) is 17.1 Å². The lowest BCUT2D eigenvalue weighted by molar-refractivity contribution is 0.0947. The predicted molar refractivity (Wildman–Crippen MR) is 133 cm³/mol. The largest absolute Gasteiger partial charge is 0.497 e. The normalized spacial score (nSPS) is 10.7. The van der Waals surface area contributed by atoms with E-state index in [9.17, 15) is 4.79 Å². The second kappa shape index (κ2) is 10.6. The Morgan fingerprint density at radius 2 is 1.85 bits per heavy atom. The van der Waals surface area contributed by atoms with Gasteiger partial charge >= 0.3 is 0 Å². The molecule has 174 valence electrons. The molecule has 8 heteroatoms. The van der Waals surface area contributed by atoms with Crippen LogP contribution in [0.25, 0.3) is 11.4 Å². The van der Waals surface area contributed by atoms with Gasteiger partial charge in [-0.1, -0.05) is 18.2 Å². The minimum atomic E-state index is -0.305. The van der Waals surface area contributed by atoms with Crippen LogP contribution in [0.4, 0.5) is 11.6 Å². The zero-order chi connectivity index (χ0) is 23.9. The number of anilines is 2. The molecule has 0 amide bonds. The number of pyridine rings is 1. The Morgan fingerprint density at radius 1 is 1.06 bits per heavy atom. The van der Waals surface area contributed by atoms with Crippen LogP contribution in [0.3, 0.4) is 0 Å².